The Morgan fingerprint density at radius 2 is 2.16 bits per heavy atom. The number of carboxylic acids is 1. The van der Waals surface area contributed by atoms with Gasteiger partial charge in [0, 0.05) is 15.6 Å². The van der Waals surface area contributed by atoms with Crippen molar-refractivity contribution in [2.75, 3.05) is 0 Å². The summed E-state index contributed by atoms with van der Waals surface area (Å²) in [6, 6.07) is 10.6. The molecule has 1 heterocycles. The van der Waals surface area contributed by atoms with E-state index in [4.69, 9.17) is 10.4 Å². The molecule has 2 rings (SSSR count). The molecule has 0 saturated carbocycles. The van der Waals surface area contributed by atoms with E-state index in [9.17, 15) is 4.79 Å². The number of pyridine rings is 1. The summed E-state index contributed by atoms with van der Waals surface area (Å²) in [6.45, 7) is 0. The summed E-state index contributed by atoms with van der Waals surface area (Å²) in [5.41, 5.74) is 0.691. The predicted molar refractivity (Wildman–Crippen MR) is 74.2 cm³/mol. The molecule has 0 bridgehead atoms. The Labute approximate surface area is 122 Å². The van der Waals surface area contributed by atoms with Crippen molar-refractivity contribution < 1.29 is 9.90 Å². The van der Waals surface area contributed by atoms with Crippen LogP contribution >= 0.6 is 27.7 Å². The maximum atomic E-state index is 10.7. The van der Waals surface area contributed by atoms with Crippen LogP contribution < -0.4 is 0 Å². The molecule has 0 radical (unpaired) electrons. The first-order valence-corrected chi connectivity index (χ1v) is 6.78. The Balaban J connectivity index is 2.28. The number of nitriles is 1. The fourth-order valence-electron chi connectivity index (χ4n) is 1.35. The van der Waals surface area contributed by atoms with Crippen LogP contribution in [0.2, 0.25) is 0 Å². The molecule has 0 aliphatic rings. The topological polar surface area (TPSA) is 74.0 Å². The van der Waals surface area contributed by atoms with Crippen molar-refractivity contribution in [1.29, 1.82) is 5.26 Å². The van der Waals surface area contributed by atoms with Gasteiger partial charge in [0.25, 0.3) is 0 Å². The third-order valence-corrected chi connectivity index (χ3v) is 3.76. The molecule has 0 amide bonds. The second-order valence-electron chi connectivity index (χ2n) is 3.54. The van der Waals surface area contributed by atoms with Crippen molar-refractivity contribution >= 4 is 33.7 Å². The molecule has 0 saturated heterocycles. The molecule has 0 aliphatic heterocycles. The Bertz CT molecular complexity index is 665. The monoisotopic (exact) mass is 334 g/mol. The standard InChI is InChI=1S/C13H7BrN2O2S/c14-10-3-1-8(6-15)11(5-10)19-12-4-2-9(7-16-12)13(17)18/h1-5,7H,(H,17,18). The van der Waals surface area contributed by atoms with Crippen LogP contribution in [0.1, 0.15) is 15.9 Å². The lowest BCUT2D eigenvalue weighted by atomic mass is 10.2. The lowest BCUT2D eigenvalue weighted by Crippen LogP contribution is -1.96. The van der Waals surface area contributed by atoms with Crippen molar-refractivity contribution in [2.24, 2.45) is 0 Å². The highest BCUT2D eigenvalue weighted by Gasteiger charge is 2.08. The molecule has 0 atom stereocenters. The van der Waals surface area contributed by atoms with Crippen molar-refractivity contribution in [2.45, 2.75) is 9.92 Å². The average molecular weight is 335 g/mol. The van der Waals surface area contributed by atoms with Crippen molar-refractivity contribution in [3.63, 3.8) is 0 Å². The summed E-state index contributed by atoms with van der Waals surface area (Å²) >= 11 is 4.67. The third-order valence-electron chi connectivity index (χ3n) is 2.26. The van der Waals surface area contributed by atoms with Gasteiger partial charge in [-0.05, 0) is 30.3 Å². The molecule has 2 aromatic rings. The van der Waals surface area contributed by atoms with E-state index < -0.39 is 5.97 Å². The molecule has 19 heavy (non-hydrogen) atoms. The molecule has 1 aromatic heterocycles. The number of halogens is 1. The first-order valence-electron chi connectivity index (χ1n) is 5.17. The Kier molecular flexibility index (Phi) is 4.20. The fraction of sp³-hybridized carbons (Fsp3) is 0. The van der Waals surface area contributed by atoms with Gasteiger partial charge in [-0.1, -0.05) is 27.7 Å². The number of benzene rings is 1. The van der Waals surface area contributed by atoms with Crippen LogP contribution in [-0.4, -0.2) is 16.1 Å². The van der Waals surface area contributed by atoms with E-state index in [2.05, 4.69) is 27.0 Å². The molecule has 1 aromatic carbocycles. The van der Waals surface area contributed by atoms with Crippen LogP contribution in [0.15, 0.2) is 50.9 Å². The lowest BCUT2D eigenvalue weighted by molar-refractivity contribution is 0.0696. The fourth-order valence-corrected chi connectivity index (χ4v) is 2.74. The molecular weight excluding hydrogens is 328 g/mol. The van der Waals surface area contributed by atoms with Gasteiger partial charge >= 0.3 is 5.97 Å². The zero-order valence-electron chi connectivity index (χ0n) is 9.50. The predicted octanol–water partition coefficient (Wildman–Crippen LogP) is 3.57. The number of rotatable bonds is 3. The number of aromatic nitrogens is 1. The van der Waals surface area contributed by atoms with Gasteiger partial charge in [0.15, 0.2) is 0 Å². The van der Waals surface area contributed by atoms with E-state index in [1.54, 1.807) is 18.2 Å². The number of hydrogen-bond donors (Lipinski definition) is 1. The minimum absolute atomic E-state index is 0.138. The second-order valence-corrected chi connectivity index (χ2v) is 5.52. The quantitative estimate of drug-likeness (QED) is 0.928. The van der Waals surface area contributed by atoms with Gasteiger partial charge in [-0.2, -0.15) is 5.26 Å². The first-order chi connectivity index (χ1) is 9.10. The van der Waals surface area contributed by atoms with E-state index in [0.717, 1.165) is 9.37 Å². The minimum Gasteiger partial charge on any atom is -0.478 e. The minimum atomic E-state index is -1.01. The van der Waals surface area contributed by atoms with Crippen LogP contribution in [0.25, 0.3) is 0 Å². The highest BCUT2D eigenvalue weighted by molar-refractivity contribution is 9.10. The number of aromatic carboxylic acids is 1. The molecule has 0 fully saturated rings. The Morgan fingerprint density at radius 1 is 1.37 bits per heavy atom. The van der Waals surface area contributed by atoms with Gasteiger partial charge in [0.2, 0.25) is 0 Å². The summed E-state index contributed by atoms with van der Waals surface area (Å²) in [6.07, 6.45) is 1.30. The summed E-state index contributed by atoms with van der Waals surface area (Å²) in [7, 11) is 0. The smallest absolute Gasteiger partial charge is 0.337 e. The van der Waals surface area contributed by atoms with E-state index in [0.29, 0.717) is 10.6 Å². The van der Waals surface area contributed by atoms with E-state index in [1.165, 1.54) is 24.0 Å². The summed E-state index contributed by atoms with van der Waals surface area (Å²) < 4.78 is 0.871. The number of carbonyl (C=O) groups is 1. The largest absolute Gasteiger partial charge is 0.478 e. The zero-order chi connectivity index (χ0) is 13.8. The summed E-state index contributed by atoms with van der Waals surface area (Å²) in [5.74, 6) is -1.01. The highest BCUT2D eigenvalue weighted by Crippen LogP contribution is 2.31. The Morgan fingerprint density at radius 3 is 2.74 bits per heavy atom. The van der Waals surface area contributed by atoms with Crippen molar-refractivity contribution in [1.82, 2.24) is 4.98 Å². The van der Waals surface area contributed by atoms with Gasteiger partial charge < -0.3 is 5.11 Å². The van der Waals surface area contributed by atoms with Gasteiger partial charge in [-0.3, -0.25) is 0 Å². The molecule has 4 nitrogen and oxygen atoms in total. The summed E-state index contributed by atoms with van der Waals surface area (Å²) in [5, 5.41) is 18.5. The number of carboxylic acid groups (broad SMARTS) is 1. The number of hydrogen-bond acceptors (Lipinski definition) is 4. The maximum Gasteiger partial charge on any atom is 0.337 e. The van der Waals surface area contributed by atoms with Crippen LogP contribution in [0.3, 0.4) is 0 Å². The van der Waals surface area contributed by atoms with Crippen LogP contribution in [-0.2, 0) is 0 Å². The second kappa shape index (κ2) is 5.87. The van der Waals surface area contributed by atoms with Crippen LogP contribution in [0, 0.1) is 11.3 Å². The average Bonchev–Trinajstić information content (AvgIpc) is 2.39. The Hall–Kier alpha value is -1.84. The molecule has 1 N–H and O–H groups in total. The zero-order valence-corrected chi connectivity index (χ0v) is 11.9. The highest BCUT2D eigenvalue weighted by atomic mass is 79.9. The van der Waals surface area contributed by atoms with Gasteiger partial charge in [-0.15, -0.1) is 0 Å². The molecule has 0 aliphatic carbocycles. The first kappa shape index (κ1) is 13.6. The van der Waals surface area contributed by atoms with Crippen LogP contribution in [0.4, 0.5) is 0 Å². The van der Waals surface area contributed by atoms with Crippen molar-refractivity contribution in [3.8, 4) is 6.07 Å². The van der Waals surface area contributed by atoms with E-state index >= 15 is 0 Å². The molecule has 94 valence electrons. The van der Waals surface area contributed by atoms with E-state index in [1.807, 2.05) is 6.07 Å². The van der Waals surface area contributed by atoms with Gasteiger partial charge in [-0.25, -0.2) is 9.78 Å². The van der Waals surface area contributed by atoms with Crippen molar-refractivity contribution in [3.05, 3.63) is 52.1 Å². The molecular formula is C13H7BrN2O2S. The lowest BCUT2D eigenvalue weighted by Gasteiger charge is -2.04. The SMILES string of the molecule is N#Cc1ccc(Br)cc1Sc1ccc(C(=O)O)cn1. The van der Waals surface area contributed by atoms with Crippen LogP contribution in [0.5, 0.6) is 0 Å². The van der Waals surface area contributed by atoms with Gasteiger partial charge in [0.05, 0.1) is 11.1 Å². The normalized spacial score (nSPS) is 9.89. The molecule has 0 unspecified atom stereocenters. The molecule has 0 spiro atoms. The summed E-state index contributed by atoms with van der Waals surface area (Å²) in [4.78, 5) is 15.5. The third kappa shape index (κ3) is 3.34. The van der Waals surface area contributed by atoms with E-state index in [-0.39, 0.29) is 5.56 Å². The maximum absolute atomic E-state index is 10.7. The molecule has 6 heteroatoms. The van der Waals surface area contributed by atoms with Gasteiger partial charge in [0.1, 0.15) is 11.1 Å². The number of nitrogens with zero attached hydrogens (tertiary/aromatic N) is 2.